The predicted molar refractivity (Wildman–Crippen MR) is 104 cm³/mol. The van der Waals surface area contributed by atoms with Crippen molar-refractivity contribution in [2.24, 2.45) is 4.99 Å². The minimum Gasteiger partial charge on any atom is -0.317 e. The third-order valence-electron chi connectivity index (χ3n) is 4.19. The van der Waals surface area contributed by atoms with Crippen LogP contribution in [0.15, 0.2) is 52.4 Å². The van der Waals surface area contributed by atoms with E-state index < -0.39 is 9.84 Å². The summed E-state index contributed by atoms with van der Waals surface area (Å²) in [6.07, 6.45) is 0. The lowest BCUT2D eigenvalue weighted by molar-refractivity contribution is 0.0997. The summed E-state index contributed by atoms with van der Waals surface area (Å²) < 4.78 is 26.8. The number of amides is 1. The van der Waals surface area contributed by atoms with E-state index >= 15 is 0 Å². The Kier molecular flexibility index (Phi) is 5.11. The molecule has 0 saturated heterocycles. The molecule has 7 heteroatoms. The van der Waals surface area contributed by atoms with Gasteiger partial charge in [-0.2, -0.15) is 4.99 Å². The molecular formula is C19H20N2O3S2. The van der Waals surface area contributed by atoms with Crippen molar-refractivity contribution in [1.82, 2.24) is 4.57 Å². The standard InChI is InChI=1S/C19H20N2O3S2/c1-4-21-16-11-6-13(3)12-17(16)25-19(21)20-18(22)14-7-9-15(10-8-14)26(23,24)5-2/h6-12H,4-5H2,1-3H3. The quantitative estimate of drug-likeness (QED) is 0.686. The van der Waals surface area contributed by atoms with Crippen molar-refractivity contribution in [2.45, 2.75) is 32.2 Å². The Morgan fingerprint density at radius 2 is 1.81 bits per heavy atom. The largest absolute Gasteiger partial charge is 0.317 e. The topological polar surface area (TPSA) is 68.5 Å². The zero-order valence-corrected chi connectivity index (χ0v) is 16.5. The number of aryl methyl sites for hydroxylation is 2. The van der Waals surface area contributed by atoms with Crippen molar-refractivity contribution in [3.05, 3.63) is 58.4 Å². The molecule has 1 heterocycles. The zero-order valence-electron chi connectivity index (χ0n) is 14.9. The van der Waals surface area contributed by atoms with Crippen LogP contribution < -0.4 is 4.80 Å². The highest BCUT2D eigenvalue weighted by Crippen LogP contribution is 2.19. The summed E-state index contributed by atoms with van der Waals surface area (Å²) in [5.74, 6) is -0.349. The van der Waals surface area contributed by atoms with Gasteiger partial charge in [0.15, 0.2) is 14.6 Å². The molecule has 0 aliphatic rings. The zero-order chi connectivity index (χ0) is 18.9. The minimum atomic E-state index is -3.28. The van der Waals surface area contributed by atoms with Crippen molar-refractivity contribution >= 4 is 37.3 Å². The highest BCUT2D eigenvalue weighted by molar-refractivity contribution is 7.91. The molecule has 0 radical (unpaired) electrons. The van der Waals surface area contributed by atoms with Crippen LogP contribution in [0.2, 0.25) is 0 Å². The maximum absolute atomic E-state index is 12.5. The van der Waals surface area contributed by atoms with Gasteiger partial charge in [0.05, 0.1) is 20.9 Å². The van der Waals surface area contributed by atoms with E-state index in [1.165, 1.54) is 35.6 Å². The maximum atomic E-state index is 12.5. The monoisotopic (exact) mass is 388 g/mol. The molecule has 2 aromatic carbocycles. The molecule has 1 amide bonds. The number of sulfone groups is 1. The lowest BCUT2D eigenvalue weighted by Crippen LogP contribution is -2.16. The summed E-state index contributed by atoms with van der Waals surface area (Å²) in [5, 5.41) is 0. The summed E-state index contributed by atoms with van der Waals surface area (Å²) in [6.45, 7) is 6.35. The number of nitrogens with zero attached hydrogens (tertiary/aromatic N) is 2. The van der Waals surface area contributed by atoms with Gasteiger partial charge in [0, 0.05) is 12.1 Å². The van der Waals surface area contributed by atoms with E-state index in [0.29, 0.717) is 16.9 Å². The fraction of sp³-hybridized carbons (Fsp3) is 0.263. The first-order valence-electron chi connectivity index (χ1n) is 8.37. The summed E-state index contributed by atoms with van der Waals surface area (Å²) >= 11 is 1.48. The highest BCUT2D eigenvalue weighted by atomic mass is 32.2. The molecule has 0 atom stereocenters. The minimum absolute atomic E-state index is 0.0301. The Labute approximate surface area is 156 Å². The third kappa shape index (κ3) is 3.50. The third-order valence-corrected chi connectivity index (χ3v) is 6.98. The second-order valence-corrected chi connectivity index (χ2v) is 9.23. The molecule has 0 unspecified atom stereocenters. The lowest BCUT2D eigenvalue weighted by atomic mass is 10.2. The fourth-order valence-electron chi connectivity index (χ4n) is 2.69. The molecule has 5 nitrogen and oxygen atoms in total. The Bertz CT molecular complexity index is 1140. The number of rotatable bonds is 4. The first-order valence-corrected chi connectivity index (χ1v) is 10.8. The molecule has 1 aromatic heterocycles. The number of benzene rings is 2. The van der Waals surface area contributed by atoms with E-state index in [1.54, 1.807) is 6.92 Å². The van der Waals surface area contributed by atoms with Crippen molar-refractivity contribution in [3.8, 4) is 0 Å². The second kappa shape index (κ2) is 7.17. The SMILES string of the molecule is CCn1c(=NC(=O)c2ccc(S(=O)(=O)CC)cc2)sc2cc(C)ccc21. The molecule has 0 spiro atoms. The number of carbonyl (C=O) groups is 1. The average molecular weight is 389 g/mol. The number of aromatic nitrogens is 1. The van der Waals surface area contributed by atoms with Crippen LogP contribution in [0.25, 0.3) is 10.2 Å². The average Bonchev–Trinajstić information content (AvgIpc) is 2.97. The van der Waals surface area contributed by atoms with Crippen LogP contribution in [0.5, 0.6) is 0 Å². The summed E-state index contributed by atoms with van der Waals surface area (Å²) in [4.78, 5) is 17.7. The number of thiazole rings is 1. The molecule has 0 aliphatic heterocycles. The summed E-state index contributed by atoms with van der Waals surface area (Å²) in [6, 6.07) is 12.1. The van der Waals surface area contributed by atoms with Crippen LogP contribution >= 0.6 is 11.3 Å². The van der Waals surface area contributed by atoms with Gasteiger partial charge in [-0.05, 0) is 55.8 Å². The van der Waals surface area contributed by atoms with E-state index in [2.05, 4.69) is 11.1 Å². The summed E-state index contributed by atoms with van der Waals surface area (Å²) in [5.41, 5.74) is 2.59. The Hall–Kier alpha value is -2.25. The predicted octanol–water partition coefficient (Wildman–Crippen LogP) is 3.57. The molecule has 0 bridgehead atoms. The van der Waals surface area contributed by atoms with Crippen molar-refractivity contribution in [1.29, 1.82) is 0 Å². The molecule has 136 valence electrons. The number of fused-ring (bicyclic) bond motifs is 1. The van der Waals surface area contributed by atoms with Gasteiger partial charge in [-0.25, -0.2) is 8.42 Å². The number of hydrogen-bond acceptors (Lipinski definition) is 4. The molecule has 0 aliphatic carbocycles. The van der Waals surface area contributed by atoms with Crippen LogP contribution in [0.1, 0.15) is 29.8 Å². The van der Waals surface area contributed by atoms with Crippen LogP contribution in [0.3, 0.4) is 0 Å². The smallest absolute Gasteiger partial charge is 0.279 e. The van der Waals surface area contributed by atoms with E-state index in [4.69, 9.17) is 0 Å². The molecule has 26 heavy (non-hydrogen) atoms. The highest BCUT2D eigenvalue weighted by Gasteiger charge is 2.13. The molecular weight excluding hydrogens is 368 g/mol. The lowest BCUT2D eigenvalue weighted by Gasteiger charge is -2.02. The normalized spacial score (nSPS) is 12.7. The van der Waals surface area contributed by atoms with Crippen LogP contribution in [0, 0.1) is 6.92 Å². The van der Waals surface area contributed by atoms with Gasteiger partial charge in [-0.1, -0.05) is 24.3 Å². The molecule has 0 saturated carbocycles. The van der Waals surface area contributed by atoms with Gasteiger partial charge in [0.1, 0.15) is 0 Å². The first kappa shape index (κ1) is 18.5. The van der Waals surface area contributed by atoms with Crippen molar-refractivity contribution in [2.75, 3.05) is 5.75 Å². The van der Waals surface area contributed by atoms with Gasteiger partial charge in [-0.15, -0.1) is 0 Å². The molecule has 0 fully saturated rings. The fourth-order valence-corrected chi connectivity index (χ4v) is 4.77. The van der Waals surface area contributed by atoms with E-state index in [-0.39, 0.29) is 16.6 Å². The number of carbonyl (C=O) groups excluding carboxylic acids is 1. The van der Waals surface area contributed by atoms with Crippen molar-refractivity contribution < 1.29 is 13.2 Å². The van der Waals surface area contributed by atoms with Gasteiger partial charge in [0.2, 0.25) is 0 Å². The van der Waals surface area contributed by atoms with Crippen LogP contribution in [0.4, 0.5) is 0 Å². The Balaban J connectivity index is 2.02. The van der Waals surface area contributed by atoms with Crippen molar-refractivity contribution in [3.63, 3.8) is 0 Å². The second-order valence-electron chi connectivity index (χ2n) is 5.94. The molecule has 0 N–H and O–H groups in total. The van der Waals surface area contributed by atoms with Crippen LogP contribution in [-0.2, 0) is 16.4 Å². The van der Waals surface area contributed by atoms with Gasteiger partial charge < -0.3 is 4.57 Å². The van der Waals surface area contributed by atoms with Crippen LogP contribution in [-0.4, -0.2) is 24.6 Å². The van der Waals surface area contributed by atoms with E-state index in [0.717, 1.165) is 15.8 Å². The first-order chi connectivity index (χ1) is 12.4. The maximum Gasteiger partial charge on any atom is 0.279 e. The molecule has 3 aromatic rings. The Morgan fingerprint density at radius 1 is 1.12 bits per heavy atom. The van der Waals surface area contributed by atoms with E-state index in [1.807, 2.05) is 30.5 Å². The van der Waals surface area contributed by atoms with Gasteiger partial charge in [0.25, 0.3) is 5.91 Å². The van der Waals surface area contributed by atoms with Gasteiger partial charge >= 0.3 is 0 Å². The molecule has 3 rings (SSSR count). The van der Waals surface area contributed by atoms with E-state index in [9.17, 15) is 13.2 Å². The number of hydrogen-bond donors (Lipinski definition) is 0. The Morgan fingerprint density at radius 3 is 2.42 bits per heavy atom. The summed E-state index contributed by atoms with van der Waals surface area (Å²) in [7, 11) is -3.28. The van der Waals surface area contributed by atoms with Gasteiger partial charge in [-0.3, -0.25) is 4.79 Å².